The van der Waals surface area contributed by atoms with E-state index in [0.717, 1.165) is 11.1 Å². The maximum absolute atomic E-state index is 5.29. The molecule has 5 heteroatoms. The lowest BCUT2D eigenvalue weighted by molar-refractivity contribution is 0.529. The number of nitrogens with zero attached hydrogens (tertiary/aromatic N) is 1. The van der Waals surface area contributed by atoms with Crippen molar-refractivity contribution in [3.63, 3.8) is 0 Å². The summed E-state index contributed by atoms with van der Waals surface area (Å²) in [7, 11) is 0. The van der Waals surface area contributed by atoms with Gasteiger partial charge in [-0.2, -0.15) is 0 Å². The predicted octanol–water partition coefficient (Wildman–Crippen LogP) is 3.46. The molecular weight excluding hydrogens is 316 g/mol. The number of rotatable bonds is 5. The van der Waals surface area contributed by atoms with Gasteiger partial charge in [-0.1, -0.05) is 54.6 Å². The normalized spacial score (nSPS) is 11.9. The SMILES string of the molecule is C[C@@H](NNC(=S)NCc1ccccc1)c1cc2ccccc2cn1. The van der Waals surface area contributed by atoms with Crippen LogP contribution in [0.15, 0.2) is 66.9 Å². The van der Waals surface area contributed by atoms with Gasteiger partial charge >= 0.3 is 0 Å². The molecule has 0 amide bonds. The molecule has 3 aromatic rings. The Balaban J connectivity index is 1.52. The van der Waals surface area contributed by atoms with Crippen LogP contribution in [0.25, 0.3) is 10.8 Å². The molecule has 0 fully saturated rings. The van der Waals surface area contributed by atoms with Gasteiger partial charge in [0.05, 0.1) is 11.7 Å². The standard InChI is InChI=1S/C19H20N4S/c1-14(18-11-16-9-5-6-10-17(16)13-20-18)22-23-19(24)21-12-15-7-3-2-4-8-15/h2-11,13-14,22H,12H2,1H3,(H2,21,23,24)/t14-/m1/s1. The van der Waals surface area contributed by atoms with Crippen molar-refractivity contribution in [1.82, 2.24) is 21.2 Å². The number of nitrogens with one attached hydrogen (secondary N) is 3. The minimum atomic E-state index is 0.0334. The van der Waals surface area contributed by atoms with Crippen LogP contribution in [0.2, 0.25) is 0 Å². The van der Waals surface area contributed by atoms with Gasteiger partial charge in [-0.15, -0.1) is 0 Å². The Kier molecular flexibility index (Phi) is 5.36. The zero-order chi connectivity index (χ0) is 16.8. The smallest absolute Gasteiger partial charge is 0.181 e. The van der Waals surface area contributed by atoms with Crippen LogP contribution in [0, 0.1) is 0 Å². The van der Waals surface area contributed by atoms with Crippen LogP contribution >= 0.6 is 12.2 Å². The molecule has 0 saturated heterocycles. The molecule has 0 aliphatic heterocycles. The maximum atomic E-state index is 5.29. The second-order valence-electron chi connectivity index (χ2n) is 5.62. The van der Waals surface area contributed by atoms with Crippen molar-refractivity contribution in [1.29, 1.82) is 0 Å². The summed E-state index contributed by atoms with van der Waals surface area (Å²) in [6, 6.07) is 20.5. The Bertz CT molecular complexity index is 820. The topological polar surface area (TPSA) is 49.0 Å². The fraction of sp³-hybridized carbons (Fsp3) is 0.158. The molecule has 0 unspecified atom stereocenters. The summed E-state index contributed by atoms with van der Waals surface area (Å²) >= 11 is 5.29. The molecule has 4 nitrogen and oxygen atoms in total. The Hall–Kier alpha value is -2.50. The summed E-state index contributed by atoms with van der Waals surface area (Å²) in [5.41, 5.74) is 8.36. The number of pyridine rings is 1. The molecule has 0 radical (unpaired) electrons. The highest BCUT2D eigenvalue weighted by Crippen LogP contribution is 2.17. The molecule has 122 valence electrons. The van der Waals surface area contributed by atoms with E-state index in [9.17, 15) is 0 Å². The molecule has 0 aliphatic rings. The number of aromatic nitrogens is 1. The zero-order valence-corrected chi connectivity index (χ0v) is 14.3. The fourth-order valence-electron chi connectivity index (χ4n) is 2.41. The molecule has 24 heavy (non-hydrogen) atoms. The van der Waals surface area contributed by atoms with Crippen molar-refractivity contribution >= 4 is 28.1 Å². The molecule has 2 aromatic carbocycles. The van der Waals surface area contributed by atoms with E-state index in [-0.39, 0.29) is 6.04 Å². The van der Waals surface area contributed by atoms with Crippen molar-refractivity contribution in [3.05, 3.63) is 78.1 Å². The summed E-state index contributed by atoms with van der Waals surface area (Å²) in [6.07, 6.45) is 1.90. The van der Waals surface area contributed by atoms with Crippen LogP contribution in [0.3, 0.4) is 0 Å². The van der Waals surface area contributed by atoms with Crippen molar-refractivity contribution in [2.75, 3.05) is 0 Å². The quantitative estimate of drug-likeness (QED) is 0.492. The fourth-order valence-corrected chi connectivity index (χ4v) is 2.54. The van der Waals surface area contributed by atoms with E-state index in [0.29, 0.717) is 11.7 Å². The molecule has 3 N–H and O–H groups in total. The summed E-state index contributed by atoms with van der Waals surface area (Å²) in [5, 5.41) is 6.06. The van der Waals surface area contributed by atoms with Gasteiger partial charge in [0.25, 0.3) is 0 Å². The van der Waals surface area contributed by atoms with E-state index in [1.807, 2.05) is 43.5 Å². The van der Waals surface area contributed by atoms with Gasteiger partial charge in [-0.05, 0) is 36.2 Å². The summed E-state index contributed by atoms with van der Waals surface area (Å²) < 4.78 is 0. The monoisotopic (exact) mass is 336 g/mol. The molecule has 3 rings (SSSR count). The molecule has 0 saturated carbocycles. The van der Waals surface area contributed by atoms with Crippen molar-refractivity contribution < 1.29 is 0 Å². The number of hydrogen-bond acceptors (Lipinski definition) is 3. The molecule has 1 heterocycles. The first-order valence-electron chi connectivity index (χ1n) is 7.90. The minimum absolute atomic E-state index is 0.0334. The molecule has 0 spiro atoms. The second-order valence-corrected chi connectivity index (χ2v) is 6.02. The molecule has 0 bridgehead atoms. The van der Waals surface area contributed by atoms with Crippen molar-refractivity contribution in [2.24, 2.45) is 0 Å². The first-order chi connectivity index (χ1) is 11.7. The summed E-state index contributed by atoms with van der Waals surface area (Å²) in [4.78, 5) is 4.51. The van der Waals surface area contributed by atoms with E-state index in [4.69, 9.17) is 12.2 Å². The third-order valence-corrected chi connectivity index (χ3v) is 4.04. The highest BCUT2D eigenvalue weighted by Gasteiger charge is 2.07. The number of hydrogen-bond donors (Lipinski definition) is 3. The highest BCUT2D eigenvalue weighted by atomic mass is 32.1. The Morgan fingerprint density at radius 3 is 2.54 bits per heavy atom. The minimum Gasteiger partial charge on any atom is -0.358 e. The van der Waals surface area contributed by atoms with Gasteiger partial charge in [0.15, 0.2) is 5.11 Å². The zero-order valence-electron chi connectivity index (χ0n) is 13.5. The van der Waals surface area contributed by atoms with E-state index >= 15 is 0 Å². The van der Waals surface area contributed by atoms with Crippen LogP contribution in [0.1, 0.15) is 24.2 Å². The Morgan fingerprint density at radius 1 is 1.04 bits per heavy atom. The second kappa shape index (κ2) is 7.86. The van der Waals surface area contributed by atoms with Crippen LogP contribution in [-0.4, -0.2) is 10.1 Å². The van der Waals surface area contributed by atoms with Crippen molar-refractivity contribution in [3.8, 4) is 0 Å². The number of fused-ring (bicyclic) bond motifs is 1. The highest BCUT2D eigenvalue weighted by molar-refractivity contribution is 7.80. The van der Waals surface area contributed by atoms with Gasteiger partial charge in [0.2, 0.25) is 0 Å². The van der Waals surface area contributed by atoms with Gasteiger partial charge in [-0.25, -0.2) is 5.43 Å². The maximum Gasteiger partial charge on any atom is 0.181 e. The Labute approximate surface area is 147 Å². The molecule has 1 aromatic heterocycles. The number of thiocarbonyl (C=S) groups is 1. The average molecular weight is 336 g/mol. The van der Waals surface area contributed by atoms with Crippen LogP contribution in [0.5, 0.6) is 0 Å². The summed E-state index contributed by atoms with van der Waals surface area (Å²) in [5.74, 6) is 0. The lowest BCUT2D eigenvalue weighted by Gasteiger charge is -2.17. The van der Waals surface area contributed by atoms with Crippen molar-refractivity contribution in [2.45, 2.75) is 19.5 Å². The van der Waals surface area contributed by atoms with Gasteiger partial charge < -0.3 is 5.32 Å². The third kappa shape index (κ3) is 4.28. The molecule has 0 aliphatic carbocycles. The van der Waals surface area contributed by atoms with E-state index in [2.05, 4.69) is 51.5 Å². The lowest BCUT2D eigenvalue weighted by atomic mass is 10.1. The molecular formula is C19H20N4S. The first-order valence-corrected chi connectivity index (χ1v) is 8.31. The molecule has 1 atom stereocenters. The third-order valence-electron chi connectivity index (χ3n) is 3.79. The van der Waals surface area contributed by atoms with Crippen LogP contribution in [-0.2, 0) is 6.54 Å². The average Bonchev–Trinajstić information content (AvgIpc) is 2.65. The van der Waals surface area contributed by atoms with Gasteiger partial charge in [0, 0.05) is 18.1 Å². The Morgan fingerprint density at radius 2 is 1.75 bits per heavy atom. The predicted molar refractivity (Wildman–Crippen MR) is 102 cm³/mol. The summed E-state index contributed by atoms with van der Waals surface area (Å²) in [6.45, 7) is 2.74. The number of hydrazine groups is 1. The number of benzene rings is 2. The van der Waals surface area contributed by atoms with Crippen LogP contribution in [0.4, 0.5) is 0 Å². The first kappa shape index (κ1) is 16.4. The van der Waals surface area contributed by atoms with E-state index in [1.54, 1.807) is 0 Å². The lowest BCUT2D eigenvalue weighted by Crippen LogP contribution is -2.44. The van der Waals surface area contributed by atoms with E-state index in [1.165, 1.54) is 10.9 Å². The van der Waals surface area contributed by atoms with Gasteiger partial charge in [0.1, 0.15) is 0 Å². The largest absolute Gasteiger partial charge is 0.358 e. The van der Waals surface area contributed by atoms with Crippen LogP contribution < -0.4 is 16.2 Å². The van der Waals surface area contributed by atoms with Gasteiger partial charge in [-0.3, -0.25) is 10.4 Å². The van der Waals surface area contributed by atoms with E-state index < -0.39 is 0 Å².